The molecule has 0 radical (unpaired) electrons. The van der Waals surface area contributed by atoms with Gasteiger partial charge in [-0.3, -0.25) is 4.90 Å². The normalized spacial score (nSPS) is 27.3. The van der Waals surface area contributed by atoms with E-state index in [0.717, 1.165) is 39.1 Å². The van der Waals surface area contributed by atoms with Crippen LogP contribution in [0.25, 0.3) is 0 Å². The van der Waals surface area contributed by atoms with Crippen LogP contribution in [-0.4, -0.2) is 61.3 Å². The maximum absolute atomic E-state index is 12.6. The van der Waals surface area contributed by atoms with Gasteiger partial charge in [0.05, 0.1) is 24.8 Å². The first-order valence-electron chi connectivity index (χ1n) is 8.09. The molecule has 6 heteroatoms. The maximum atomic E-state index is 12.6. The molecule has 22 heavy (non-hydrogen) atoms. The molecule has 0 spiro atoms. The van der Waals surface area contributed by atoms with Crippen LogP contribution in [0.4, 0.5) is 4.79 Å². The first-order chi connectivity index (χ1) is 10.7. The summed E-state index contributed by atoms with van der Waals surface area (Å²) >= 11 is 1.70. The lowest BCUT2D eigenvalue weighted by Crippen LogP contribution is -2.60. The lowest BCUT2D eigenvalue weighted by atomic mass is 9.99. The molecule has 3 heterocycles. The third kappa shape index (κ3) is 3.29. The fraction of sp³-hybridized carbons (Fsp3) is 0.688. The Kier molecular flexibility index (Phi) is 5.00. The molecule has 2 saturated heterocycles. The van der Waals surface area contributed by atoms with E-state index in [1.54, 1.807) is 11.3 Å². The molecule has 3 rings (SSSR count). The van der Waals surface area contributed by atoms with Crippen LogP contribution >= 0.6 is 11.3 Å². The van der Waals surface area contributed by atoms with Gasteiger partial charge in [0.25, 0.3) is 0 Å². The average molecular weight is 323 g/mol. The molecule has 0 unspecified atom stereocenters. The standard InChI is InChI=1S/C16H25N3O2S/c1-3-12(15-5-4-10-22-15)17-16(20)19-7-6-14-13(11-19)18(2)8-9-21-14/h4-5,10,12-14H,3,6-9,11H2,1-2H3,(H,17,20)/t12-,13+,14-/m0/s1. The molecule has 0 aliphatic carbocycles. The Bertz CT molecular complexity index is 494. The zero-order valence-corrected chi connectivity index (χ0v) is 14.1. The molecule has 122 valence electrons. The SMILES string of the molecule is CC[C@H](NC(=O)N1CC[C@@H]2OCCN(C)[C@@H]2C1)c1cccs1. The van der Waals surface area contributed by atoms with Crippen LogP contribution in [0.1, 0.15) is 30.7 Å². The van der Waals surface area contributed by atoms with Crippen LogP contribution in [0.15, 0.2) is 17.5 Å². The number of likely N-dealkylation sites (tertiary alicyclic amines) is 1. The number of ether oxygens (including phenoxy) is 1. The third-order valence-electron chi connectivity index (χ3n) is 4.74. The highest BCUT2D eigenvalue weighted by atomic mass is 32.1. The molecule has 2 amide bonds. The zero-order valence-electron chi connectivity index (χ0n) is 13.3. The Labute approximate surface area is 136 Å². The highest BCUT2D eigenvalue weighted by Crippen LogP contribution is 2.24. The molecule has 5 nitrogen and oxygen atoms in total. The number of piperidine rings is 1. The second-order valence-electron chi connectivity index (χ2n) is 6.12. The fourth-order valence-corrected chi connectivity index (χ4v) is 4.19. The summed E-state index contributed by atoms with van der Waals surface area (Å²) in [6.45, 7) is 5.40. The minimum absolute atomic E-state index is 0.0534. The highest BCUT2D eigenvalue weighted by molar-refractivity contribution is 7.10. The number of hydrogen-bond donors (Lipinski definition) is 1. The van der Waals surface area contributed by atoms with Gasteiger partial charge in [-0.1, -0.05) is 13.0 Å². The second-order valence-corrected chi connectivity index (χ2v) is 7.10. The molecule has 1 aromatic heterocycles. The predicted octanol–water partition coefficient (Wildman–Crippen LogP) is 2.31. The number of fused-ring (bicyclic) bond motifs is 1. The largest absolute Gasteiger partial charge is 0.375 e. The van der Waals surface area contributed by atoms with E-state index in [4.69, 9.17) is 4.74 Å². The molecule has 1 N–H and O–H groups in total. The summed E-state index contributed by atoms with van der Waals surface area (Å²) in [5.41, 5.74) is 0. The number of carbonyl (C=O) groups excluding carboxylic acids is 1. The number of rotatable bonds is 3. The van der Waals surface area contributed by atoms with Gasteiger partial charge in [0, 0.05) is 24.5 Å². The minimum Gasteiger partial charge on any atom is -0.375 e. The Hall–Kier alpha value is -1.11. The van der Waals surface area contributed by atoms with Crippen molar-refractivity contribution in [2.45, 2.75) is 38.0 Å². The Morgan fingerprint density at radius 1 is 1.55 bits per heavy atom. The lowest BCUT2D eigenvalue weighted by Gasteiger charge is -2.45. The Morgan fingerprint density at radius 2 is 2.41 bits per heavy atom. The van der Waals surface area contributed by atoms with Crippen LogP contribution < -0.4 is 5.32 Å². The number of nitrogens with one attached hydrogen (secondary N) is 1. The number of carbonyl (C=O) groups is 1. The maximum Gasteiger partial charge on any atom is 0.317 e. The van der Waals surface area contributed by atoms with Gasteiger partial charge in [-0.15, -0.1) is 11.3 Å². The quantitative estimate of drug-likeness (QED) is 0.928. The van der Waals surface area contributed by atoms with E-state index < -0.39 is 0 Å². The monoisotopic (exact) mass is 323 g/mol. The van der Waals surface area contributed by atoms with Gasteiger partial charge in [0.1, 0.15) is 0 Å². The van der Waals surface area contributed by atoms with Gasteiger partial charge in [-0.2, -0.15) is 0 Å². The number of nitrogens with zero attached hydrogens (tertiary/aromatic N) is 2. The molecule has 2 aliphatic heterocycles. The molecular formula is C16H25N3O2S. The zero-order chi connectivity index (χ0) is 15.5. The predicted molar refractivity (Wildman–Crippen MR) is 88.2 cm³/mol. The molecular weight excluding hydrogens is 298 g/mol. The van der Waals surface area contributed by atoms with Crippen molar-refractivity contribution in [3.63, 3.8) is 0 Å². The van der Waals surface area contributed by atoms with Gasteiger partial charge in [-0.25, -0.2) is 4.79 Å². The summed E-state index contributed by atoms with van der Waals surface area (Å²) in [6.07, 6.45) is 2.12. The smallest absolute Gasteiger partial charge is 0.317 e. The van der Waals surface area contributed by atoms with Crippen molar-refractivity contribution in [1.29, 1.82) is 0 Å². The van der Waals surface area contributed by atoms with E-state index in [1.165, 1.54) is 4.88 Å². The Morgan fingerprint density at radius 3 is 3.14 bits per heavy atom. The van der Waals surface area contributed by atoms with Gasteiger partial charge >= 0.3 is 6.03 Å². The van der Waals surface area contributed by atoms with Crippen molar-refractivity contribution in [2.24, 2.45) is 0 Å². The van der Waals surface area contributed by atoms with Crippen LogP contribution in [0, 0.1) is 0 Å². The van der Waals surface area contributed by atoms with Gasteiger partial charge in [-0.05, 0) is 31.3 Å². The first-order valence-corrected chi connectivity index (χ1v) is 8.97. The average Bonchev–Trinajstić information content (AvgIpc) is 3.06. The summed E-state index contributed by atoms with van der Waals surface area (Å²) in [7, 11) is 2.13. The highest BCUT2D eigenvalue weighted by Gasteiger charge is 2.37. The minimum atomic E-state index is 0.0534. The molecule has 2 fully saturated rings. The van der Waals surface area contributed by atoms with Crippen molar-refractivity contribution in [3.05, 3.63) is 22.4 Å². The molecule has 2 aliphatic rings. The van der Waals surface area contributed by atoms with Crippen LogP contribution in [0.5, 0.6) is 0 Å². The molecule has 3 atom stereocenters. The summed E-state index contributed by atoms with van der Waals surface area (Å²) < 4.78 is 5.84. The number of morpholine rings is 1. The summed E-state index contributed by atoms with van der Waals surface area (Å²) in [4.78, 5) is 18.1. The van der Waals surface area contributed by atoms with Crippen LogP contribution in [0.2, 0.25) is 0 Å². The van der Waals surface area contributed by atoms with Crippen LogP contribution in [0.3, 0.4) is 0 Å². The summed E-state index contributed by atoms with van der Waals surface area (Å²) in [6, 6.07) is 4.63. The van der Waals surface area contributed by atoms with Crippen molar-refractivity contribution in [3.8, 4) is 0 Å². The number of thiophene rings is 1. The van der Waals surface area contributed by atoms with Gasteiger partial charge < -0.3 is 15.0 Å². The molecule has 0 saturated carbocycles. The summed E-state index contributed by atoms with van der Waals surface area (Å²) in [5.74, 6) is 0. The fourth-order valence-electron chi connectivity index (χ4n) is 3.33. The third-order valence-corrected chi connectivity index (χ3v) is 5.73. The molecule has 1 aromatic rings. The number of likely N-dealkylation sites (N-methyl/N-ethyl adjacent to an activating group) is 1. The topological polar surface area (TPSA) is 44.8 Å². The van der Waals surface area contributed by atoms with Crippen molar-refractivity contribution in [1.82, 2.24) is 15.1 Å². The van der Waals surface area contributed by atoms with Crippen LogP contribution in [-0.2, 0) is 4.74 Å². The van der Waals surface area contributed by atoms with E-state index >= 15 is 0 Å². The first kappa shape index (κ1) is 15.8. The van der Waals surface area contributed by atoms with E-state index in [0.29, 0.717) is 6.04 Å². The van der Waals surface area contributed by atoms with E-state index in [-0.39, 0.29) is 18.2 Å². The van der Waals surface area contributed by atoms with Crippen molar-refractivity contribution >= 4 is 17.4 Å². The number of urea groups is 1. The van der Waals surface area contributed by atoms with Gasteiger partial charge in [0.15, 0.2) is 0 Å². The Balaban J connectivity index is 1.60. The molecule has 0 bridgehead atoms. The van der Waals surface area contributed by atoms with Crippen molar-refractivity contribution < 1.29 is 9.53 Å². The molecule has 0 aromatic carbocycles. The number of hydrogen-bond acceptors (Lipinski definition) is 4. The lowest BCUT2D eigenvalue weighted by molar-refractivity contribution is -0.0882. The van der Waals surface area contributed by atoms with Crippen molar-refractivity contribution in [2.75, 3.05) is 33.3 Å². The second kappa shape index (κ2) is 6.98. The van der Waals surface area contributed by atoms with E-state index in [1.807, 2.05) is 11.0 Å². The van der Waals surface area contributed by atoms with E-state index in [9.17, 15) is 4.79 Å². The van der Waals surface area contributed by atoms with Gasteiger partial charge in [0.2, 0.25) is 0 Å². The summed E-state index contributed by atoms with van der Waals surface area (Å²) in [5, 5.41) is 5.25. The van der Waals surface area contributed by atoms with E-state index in [2.05, 4.69) is 35.6 Å². The number of amides is 2.